The zero-order chi connectivity index (χ0) is 4.83. The van der Waals surface area contributed by atoms with Crippen LogP contribution in [0.4, 0.5) is 0 Å². The number of unbranched alkanes of at least 4 members (excludes halogenated alkanes) is 2. The SMILES string of the molecule is CCCCCP.Cl.Cl. The van der Waals surface area contributed by atoms with Gasteiger partial charge in [0.05, 0.1) is 0 Å². The quantitative estimate of drug-likeness (QED) is 0.459. The molecule has 54 valence electrons. The van der Waals surface area contributed by atoms with Crippen LogP contribution in [0.2, 0.25) is 0 Å². The fourth-order valence-electron chi connectivity index (χ4n) is 0.394. The first kappa shape index (κ1) is 16.0. The predicted octanol–water partition coefficient (Wildman–Crippen LogP) is 2.90. The number of hydrogen-bond acceptors (Lipinski definition) is 0. The van der Waals surface area contributed by atoms with E-state index in [9.17, 15) is 0 Å². The molecule has 0 heterocycles. The molecule has 0 aliphatic carbocycles. The van der Waals surface area contributed by atoms with E-state index in [1.165, 1.54) is 25.4 Å². The minimum Gasteiger partial charge on any atom is -0.147 e. The summed E-state index contributed by atoms with van der Waals surface area (Å²) in [5, 5.41) is 0. The summed E-state index contributed by atoms with van der Waals surface area (Å²) >= 11 is 0. The van der Waals surface area contributed by atoms with Crippen molar-refractivity contribution in [2.24, 2.45) is 0 Å². The van der Waals surface area contributed by atoms with E-state index in [2.05, 4.69) is 16.2 Å². The zero-order valence-corrected chi connectivity index (χ0v) is 8.01. The van der Waals surface area contributed by atoms with Crippen LogP contribution in [0.25, 0.3) is 0 Å². The lowest BCUT2D eigenvalue weighted by Gasteiger charge is -1.86. The van der Waals surface area contributed by atoms with Gasteiger partial charge in [-0.25, -0.2) is 0 Å². The lowest BCUT2D eigenvalue weighted by atomic mass is 10.3. The summed E-state index contributed by atoms with van der Waals surface area (Å²) in [5.74, 6) is 0. The van der Waals surface area contributed by atoms with Crippen molar-refractivity contribution in [3.05, 3.63) is 0 Å². The molecule has 0 fully saturated rings. The Bertz CT molecular complexity index is 22.4. The van der Waals surface area contributed by atoms with Crippen LogP contribution >= 0.6 is 34.1 Å². The molecule has 0 bridgehead atoms. The second-order valence-corrected chi connectivity index (χ2v) is 2.07. The molecule has 0 spiro atoms. The van der Waals surface area contributed by atoms with Crippen molar-refractivity contribution in [3.8, 4) is 0 Å². The molecule has 0 amide bonds. The highest BCUT2D eigenvalue weighted by atomic mass is 35.5. The molecule has 0 aromatic carbocycles. The topological polar surface area (TPSA) is 0 Å². The Hall–Kier alpha value is 1.01. The Morgan fingerprint density at radius 1 is 1.12 bits per heavy atom. The van der Waals surface area contributed by atoms with Crippen molar-refractivity contribution in [1.82, 2.24) is 0 Å². The number of halogens is 2. The van der Waals surface area contributed by atoms with Gasteiger partial charge in [0, 0.05) is 0 Å². The normalized spacial score (nSPS) is 6.75. The van der Waals surface area contributed by atoms with Crippen molar-refractivity contribution in [1.29, 1.82) is 0 Å². The fraction of sp³-hybridized carbons (Fsp3) is 1.00. The first-order chi connectivity index (χ1) is 2.91. The zero-order valence-electron chi connectivity index (χ0n) is 5.22. The Morgan fingerprint density at radius 3 is 1.75 bits per heavy atom. The van der Waals surface area contributed by atoms with E-state index < -0.39 is 0 Å². The molecule has 0 radical (unpaired) electrons. The lowest BCUT2D eigenvalue weighted by Crippen LogP contribution is -1.70. The molecule has 0 rings (SSSR count). The summed E-state index contributed by atoms with van der Waals surface area (Å²) in [6, 6.07) is 0. The van der Waals surface area contributed by atoms with E-state index in [0.717, 1.165) is 0 Å². The average Bonchev–Trinajstić information content (AvgIpc) is 1.61. The maximum absolute atomic E-state index is 2.73. The second kappa shape index (κ2) is 15.7. The molecule has 0 N–H and O–H groups in total. The predicted molar refractivity (Wildman–Crippen MR) is 48.6 cm³/mol. The van der Waals surface area contributed by atoms with Crippen LogP contribution in [0.15, 0.2) is 0 Å². The summed E-state index contributed by atoms with van der Waals surface area (Å²) in [6.45, 7) is 2.22. The molecule has 1 unspecified atom stereocenters. The Balaban J connectivity index is -0.000000125. The van der Waals surface area contributed by atoms with Crippen molar-refractivity contribution in [2.45, 2.75) is 26.2 Å². The van der Waals surface area contributed by atoms with Gasteiger partial charge < -0.3 is 0 Å². The number of hydrogen-bond donors (Lipinski definition) is 0. The van der Waals surface area contributed by atoms with Gasteiger partial charge in [-0.2, -0.15) is 0 Å². The van der Waals surface area contributed by atoms with Gasteiger partial charge in [0.1, 0.15) is 0 Å². The second-order valence-electron chi connectivity index (χ2n) is 1.50. The van der Waals surface area contributed by atoms with Crippen LogP contribution in [0, 0.1) is 0 Å². The first-order valence-electron chi connectivity index (χ1n) is 2.62. The molecule has 0 aliphatic heterocycles. The smallest absolute Gasteiger partial charge is 0.0381 e. The highest BCUT2D eigenvalue weighted by Gasteiger charge is 1.75. The molecule has 0 nitrogen and oxygen atoms in total. The van der Waals surface area contributed by atoms with E-state index in [0.29, 0.717) is 0 Å². The van der Waals surface area contributed by atoms with Crippen molar-refractivity contribution < 1.29 is 0 Å². The minimum atomic E-state index is 0. The Labute approximate surface area is 66.8 Å². The van der Waals surface area contributed by atoms with E-state index in [1.807, 2.05) is 0 Å². The van der Waals surface area contributed by atoms with Crippen molar-refractivity contribution in [2.75, 3.05) is 6.16 Å². The highest BCUT2D eigenvalue weighted by molar-refractivity contribution is 7.16. The van der Waals surface area contributed by atoms with Gasteiger partial charge in [-0.3, -0.25) is 0 Å². The van der Waals surface area contributed by atoms with Crippen LogP contribution in [0.3, 0.4) is 0 Å². The highest BCUT2D eigenvalue weighted by Crippen LogP contribution is 1.95. The largest absolute Gasteiger partial charge is 0.147 e. The van der Waals surface area contributed by atoms with Gasteiger partial charge in [0.25, 0.3) is 0 Å². The third kappa shape index (κ3) is 15.7. The molecule has 8 heavy (non-hydrogen) atoms. The van der Waals surface area contributed by atoms with Gasteiger partial charge >= 0.3 is 0 Å². The Morgan fingerprint density at radius 2 is 1.62 bits per heavy atom. The third-order valence-electron chi connectivity index (χ3n) is 0.808. The van der Waals surface area contributed by atoms with E-state index >= 15 is 0 Å². The molecular weight excluding hydrogens is 162 g/mol. The standard InChI is InChI=1S/C5H13P.2ClH/c1-2-3-4-5-6;;/h2-6H2,1H3;2*1H. The Kier molecular flexibility index (Phi) is 31.4. The minimum absolute atomic E-state index is 0. The van der Waals surface area contributed by atoms with E-state index in [-0.39, 0.29) is 24.8 Å². The molecule has 0 aliphatic rings. The van der Waals surface area contributed by atoms with Crippen molar-refractivity contribution in [3.63, 3.8) is 0 Å². The fourth-order valence-corrected chi connectivity index (χ4v) is 0.683. The average molecular weight is 177 g/mol. The van der Waals surface area contributed by atoms with Gasteiger partial charge in [-0.1, -0.05) is 19.8 Å². The van der Waals surface area contributed by atoms with Crippen LogP contribution in [-0.4, -0.2) is 6.16 Å². The summed E-state index contributed by atoms with van der Waals surface area (Å²) in [4.78, 5) is 0. The maximum Gasteiger partial charge on any atom is -0.0381 e. The molecule has 1 atom stereocenters. The van der Waals surface area contributed by atoms with Gasteiger partial charge in [0.2, 0.25) is 0 Å². The summed E-state index contributed by atoms with van der Waals surface area (Å²) < 4.78 is 0. The van der Waals surface area contributed by atoms with Gasteiger partial charge in [-0.15, -0.1) is 34.1 Å². The lowest BCUT2D eigenvalue weighted by molar-refractivity contribution is 0.779. The molecule has 0 aromatic rings. The first-order valence-corrected chi connectivity index (χ1v) is 3.43. The third-order valence-corrected chi connectivity index (χ3v) is 1.22. The molecule has 3 heteroatoms. The monoisotopic (exact) mass is 176 g/mol. The molecule has 0 saturated carbocycles. The number of rotatable bonds is 3. The summed E-state index contributed by atoms with van der Waals surface area (Å²) in [7, 11) is 2.73. The van der Waals surface area contributed by atoms with E-state index in [4.69, 9.17) is 0 Å². The van der Waals surface area contributed by atoms with Crippen LogP contribution in [0.5, 0.6) is 0 Å². The van der Waals surface area contributed by atoms with Crippen LogP contribution in [0.1, 0.15) is 26.2 Å². The molecular formula is C5H15Cl2P. The molecule has 0 saturated heterocycles. The maximum atomic E-state index is 2.73. The van der Waals surface area contributed by atoms with Crippen LogP contribution < -0.4 is 0 Å². The molecule has 0 aromatic heterocycles. The van der Waals surface area contributed by atoms with Gasteiger partial charge in [0.15, 0.2) is 0 Å². The van der Waals surface area contributed by atoms with Gasteiger partial charge in [-0.05, 0) is 12.6 Å². The van der Waals surface area contributed by atoms with Crippen LogP contribution in [-0.2, 0) is 0 Å². The van der Waals surface area contributed by atoms with Crippen molar-refractivity contribution >= 4 is 34.1 Å². The summed E-state index contributed by atoms with van der Waals surface area (Å²) in [6.07, 6.45) is 5.38. The van der Waals surface area contributed by atoms with E-state index in [1.54, 1.807) is 0 Å². The summed E-state index contributed by atoms with van der Waals surface area (Å²) in [5.41, 5.74) is 0.